The molecule has 1 aromatic heterocycles. The number of carbonyl (C=O) groups is 2. The molecule has 31 heavy (non-hydrogen) atoms. The van der Waals surface area contributed by atoms with Crippen molar-refractivity contribution in [3.63, 3.8) is 0 Å². The number of amides is 1. The average Bonchev–Trinajstić information content (AvgIpc) is 2.79. The van der Waals surface area contributed by atoms with Crippen LogP contribution >= 0.6 is 0 Å². The third kappa shape index (κ3) is 6.02. The first kappa shape index (κ1) is 21.8. The van der Waals surface area contributed by atoms with Gasteiger partial charge in [-0.25, -0.2) is 4.79 Å². The molecule has 0 aliphatic heterocycles. The van der Waals surface area contributed by atoms with Crippen LogP contribution in [0.15, 0.2) is 71.5 Å². The van der Waals surface area contributed by atoms with E-state index in [1.54, 1.807) is 37.3 Å². The van der Waals surface area contributed by atoms with Crippen LogP contribution in [0, 0.1) is 0 Å². The van der Waals surface area contributed by atoms with Crippen LogP contribution in [0.5, 0.6) is 5.75 Å². The van der Waals surface area contributed by atoms with Crippen molar-refractivity contribution in [2.24, 2.45) is 0 Å². The van der Waals surface area contributed by atoms with E-state index in [0.717, 1.165) is 16.3 Å². The second-order valence-electron chi connectivity index (χ2n) is 6.54. The van der Waals surface area contributed by atoms with Crippen LogP contribution in [0.1, 0.15) is 23.0 Å². The summed E-state index contributed by atoms with van der Waals surface area (Å²) in [6.45, 7) is 1.86. The van der Waals surface area contributed by atoms with Crippen molar-refractivity contribution in [1.82, 2.24) is 15.1 Å². The van der Waals surface area contributed by atoms with E-state index in [9.17, 15) is 14.4 Å². The van der Waals surface area contributed by atoms with Crippen LogP contribution < -0.4 is 15.6 Å². The molecule has 0 aliphatic rings. The zero-order valence-electron chi connectivity index (χ0n) is 17.1. The SMILES string of the molecule is CCOC(=O)c1nn(-c2ccccc2)c(=O)cc1OCC(=O)NCCc1ccccc1. The smallest absolute Gasteiger partial charge is 0.362 e. The van der Waals surface area contributed by atoms with E-state index in [2.05, 4.69) is 10.4 Å². The molecule has 3 rings (SSSR count). The van der Waals surface area contributed by atoms with E-state index in [4.69, 9.17) is 9.47 Å². The number of aromatic nitrogens is 2. The Bertz CT molecular complexity index is 1080. The van der Waals surface area contributed by atoms with Crippen LogP contribution in [-0.2, 0) is 16.0 Å². The Morgan fingerprint density at radius 3 is 2.39 bits per heavy atom. The number of rotatable bonds is 9. The van der Waals surface area contributed by atoms with Gasteiger partial charge in [0.05, 0.1) is 18.4 Å². The predicted octanol–water partition coefficient (Wildman–Crippen LogP) is 2.15. The molecule has 160 valence electrons. The molecule has 0 radical (unpaired) electrons. The molecule has 0 unspecified atom stereocenters. The van der Waals surface area contributed by atoms with Crippen molar-refractivity contribution in [2.75, 3.05) is 19.8 Å². The van der Waals surface area contributed by atoms with E-state index >= 15 is 0 Å². The quantitative estimate of drug-likeness (QED) is 0.532. The zero-order chi connectivity index (χ0) is 22.1. The van der Waals surface area contributed by atoms with E-state index in [1.165, 1.54) is 0 Å². The minimum absolute atomic E-state index is 0.103. The first-order chi connectivity index (χ1) is 15.1. The van der Waals surface area contributed by atoms with E-state index in [-0.39, 0.29) is 30.6 Å². The topological polar surface area (TPSA) is 99.5 Å². The fourth-order valence-electron chi connectivity index (χ4n) is 2.83. The van der Waals surface area contributed by atoms with Gasteiger partial charge in [-0.05, 0) is 31.0 Å². The maximum Gasteiger partial charge on any atom is 0.362 e. The second kappa shape index (κ2) is 10.7. The summed E-state index contributed by atoms with van der Waals surface area (Å²) in [7, 11) is 0. The number of hydrogen-bond acceptors (Lipinski definition) is 6. The Morgan fingerprint density at radius 2 is 1.71 bits per heavy atom. The molecule has 1 amide bonds. The average molecular weight is 421 g/mol. The molecule has 0 fully saturated rings. The number of nitrogens with one attached hydrogen (secondary N) is 1. The molecule has 0 bridgehead atoms. The fraction of sp³-hybridized carbons (Fsp3) is 0.217. The summed E-state index contributed by atoms with van der Waals surface area (Å²) < 4.78 is 11.6. The molecule has 0 saturated heterocycles. The number of hydrogen-bond donors (Lipinski definition) is 1. The molecule has 0 spiro atoms. The Morgan fingerprint density at radius 1 is 1.03 bits per heavy atom. The van der Waals surface area contributed by atoms with Crippen LogP contribution in [0.25, 0.3) is 5.69 Å². The van der Waals surface area contributed by atoms with E-state index in [1.807, 2.05) is 30.3 Å². The van der Waals surface area contributed by atoms with Gasteiger partial charge in [-0.1, -0.05) is 48.5 Å². The Balaban J connectivity index is 1.70. The first-order valence-electron chi connectivity index (χ1n) is 9.89. The minimum Gasteiger partial charge on any atom is -0.481 e. The van der Waals surface area contributed by atoms with Crippen molar-refractivity contribution in [3.8, 4) is 11.4 Å². The summed E-state index contributed by atoms with van der Waals surface area (Å²) in [5, 5.41) is 6.86. The lowest BCUT2D eigenvalue weighted by Gasteiger charge is -2.12. The molecule has 1 heterocycles. The Hall–Kier alpha value is -3.94. The first-order valence-corrected chi connectivity index (χ1v) is 9.89. The second-order valence-corrected chi connectivity index (χ2v) is 6.54. The lowest BCUT2D eigenvalue weighted by Crippen LogP contribution is -2.32. The standard InChI is InChI=1S/C23H23N3O5/c1-2-30-23(29)22-19(15-21(28)26(25-22)18-11-7-4-8-12-18)31-16-20(27)24-14-13-17-9-5-3-6-10-17/h3-12,15H,2,13-14,16H2,1H3,(H,24,27). The highest BCUT2D eigenvalue weighted by molar-refractivity contribution is 5.90. The summed E-state index contributed by atoms with van der Waals surface area (Å²) in [5.74, 6) is -1.22. The van der Waals surface area contributed by atoms with E-state index in [0.29, 0.717) is 18.7 Å². The highest BCUT2D eigenvalue weighted by atomic mass is 16.5. The zero-order valence-corrected chi connectivity index (χ0v) is 17.1. The summed E-state index contributed by atoms with van der Waals surface area (Å²) in [6.07, 6.45) is 0.676. The number of para-hydroxylation sites is 1. The Labute approximate surface area is 179 Å². The molecular weight excluding hydrogens is 398 g/mol. The number of ether oxygens (including phenoxy) is 2. The van der Waals surface area contributed by atoms with Gasteiger partial charge in [-0.15, -0.1) is 0 Å². The molecule has 8 heteroatoms. The van der Waals surface area contributed by atoms with Crippen molar-refractivity contribution >= 4 is 11.9 Å². The maximum atomic E-state index is 12.5. The van der Waals surface area contributed by atoms with Gasteiger partial charge in [0.1, 0.15) is 0 Å². The fourth-order valence-corrected chi connectivity index (χ4v) is 2.83. The summed E-state index contributed by atoms with van der Waals surface area (Å²) in [6, 6.07) is 19.5. The van der Waals surface area contributed by atoms with Gasteiger partial charge < -0.3 is 14.8 Å². The van der Waals surface area contributed by atoms with Gasteiger partial charge >= 0.3 is 5.97 Å². The van der Waals surface area contributed by atoms with Gasteiger partial charge in [-0.2, -0.15) is 9.78 Å². The molecule has 2 aromatic carbocycles. The lowest BCUT2D eigenvalue weighted by atomic mass is 10.1. The van der Waals surface area contributed by atoms with Crippen molar-refractivity contribution in [1.29, 1.82) is 0 Å². The summed E-state index contributed by atoms with van der Waals surface area (Å²) in [5.41, 5.74) is 0.909. The number of esters is 1. The largest absolute Gasteiger partial charge is 0.481 e. The minimum atomic E-state index is -0.744. The van der Waals surface area contributed by atoms with Crippen LogP contribution in [-0.4, -0.2) is 41.4 Å². The summed E-state index contributed by atoms with van der Waals surface area (Å²) >= 11 is 0. The number of carbonyl (C=O) groups excluding carboxylic acids is 2. The van der Waals surface area contributed by atoms with Crippen LogP contribution in [0.2, 0.25) is 0 Å². The van der Waals surface area contributed by atoms with Gasteiger partial charge in [0.15, 0.2) is 12.4 Å². The van der Waals surface area contributed by atoms with Gasteiger partial charge in [-0.3, -0.25) is 9.59 Å². The molecule has 3 aromatic rings. The monoisotopic (exact) mass is 421 g/mol. The van der Waals surface area contributed by atoms with Crippen molar-refractivity contribution in [2.45, 2.75) is 13.3 Å². The Kier molecular flexibility index (Phi) is 7.53. The molecule has 1 N–H and O–H groups in total. The van der Waals surface area contributed by atoms with Crippen LogP contribution in [0.3, 0.4) is 0 Å². The highest BCUT2D eigenvalue weighted by Gasteiger charge is 2.20. The molecule has 0 atom stereocenters. The molecular formula is C23H23N3O5. The van der Waals surface area contributed by atoms with E-state index < -0.39 is 11.5 Å². The third-order valence-corrected chi connectivity index (χ3v) is 4.30. The summed E-state index contributed by atoms with van der Waals surface area (Å²) in [4.78, 5) is 37.0. The number of benzene rings is 2. The van der Waals surface area contributed by atoms with Gasteiger partial charge in [0.2, 0.25) is 5.69 Å². The predicted molar refractivity (Wildman–Crippen MR) is 114 cm³/mol. The molecule has 8 nitrogen and oxygen atoms in total. The van der Waals surface area contributed by atoms with Gasteiger partial charge in [0, 0.05) is 6.54 Å². The molecule has 0 saturated carbocycles. The lowest BCUT2D eigenvalue weighted by molar-refractivity contribution is -0.123. The normalized spacial score (nSPS) is 10.4. The molecule has 0 aliphatic carbocycles. The highest BCUT2D eigenvalue weighted by Crippen LogP contribution is 2.16. The van der Waals surface area contributed by atoms with Crippen LogP contribution in [0.4, 0.5) is 0 Å². The number of nitrogens with zero attached hydrogens (tertiary/aromatic N) is 2. The van der Waals surface area contributed by atoms with Gasteiger partial charge in [0.25, 0.3) is 11.5 Å². The van der Waals surface area contributed by atoms with Crippen molar-refractivity contribution in [3.05, 3.63) is 88.3 Å². The maximum absolute atomic E-state index is 12.5. The third-order valence-electron chi connectivity index (χ3n) is 4.30. The van der Waals surface area contributed by atoms with Crippen molar-refractivity contribution < 1.29 is 19.1 Å².